The zero-order valence-corrected chi connectivity index (χ0v) is 15.2. The topological polar surface area (TPSA) is 80.7 Å². The molecule has 2 rings (SSSR count). The molecule has 1 heterocycles. The lowest BCUT2D eigenvalue weighted by Gasteiger charge is -2.23. The van der Waals surface area contributed by atoms with Crippen LogP contribution in [0.25, 0.3) is 0 Å². The van der Waals surface area contributed by atoms with Gasteiger partial charge >= 0.3 is 0 Å². The summed E-state index contributed by atoms with van der Waals surface area (Å²) in [5, 5.41) is 1.16. The molecule has 1 atom stereocenters. The van der Waals surface area contributed by atoms with Crippen LogP contribution in [-0.2, 0) is 19.6 Å². The second kappa shape index (κ2) is 9.30. The van der Waals surface area contributed by atoms with E-state index >= 15 is 0 Å². The van der Waals surface area contributed by atoms with Gasteiger partial charge in [-0.25, -0.2) is 0 Å². The van der Waals surface area contributed by atoms with Crippen molar-refractivity contribution in [2.24, 2.45) is 11.8 Å². The Balaban J connectivity index is 1.90. The lowest BCUT2D eigenvalue weighted by molar-refractivity contribution is -0.124. The van der Waals surface area contributed by atoms with Crippen molar-refractivity contribution in [3.05, 3.63) is 5.25 Å². The first-order valence-electron chi connectivity index (χ1n) is 8.50. The molecule has 0 amide bonds. The minimum Gasteiger partial charge on any atom is -0.338 e. The van der Waals surface area contributed by atoms with Gasteiger partial charge in [-0.05, 0) is 25.7 Å². The van der Waals surface area contributed by atoms with E-state index in [9.17, 15) is 13.2 Å². The van der Waals surface area contributed by atoms with E-state index in [1.165, 1.54) is 6.42 Å². The second-order valence-corrected chi connectivity index (χ2v) is 9.29. The quantitative estimate of drug-likeness (QED) is 0.527. The van der Waals surface area contributed by atoms with E-state index in [1.54, 1.807) is 11.8 Å². The lowest BCUT2D eigenvalue weighted by Crippen LogP contribution is -2.27. The number of hydrogen-bond donors (Lipinski definition) is 1. The monoisotopic (exact) mass is 363 g/mol. The highest BCUT2D eigenvalue weighted by Gasteiger charge is 2.39. The third kappa shape index (κ3) is 7.03. The van der Waals surface area contributed by atoms with E-state index in [4.69, 9.17) is 9.29 Å². The van der Waals surface area contributed by atoms with Crippen LogP contribution in [0.15, 0.2) is 0 Å². The maximum atomic E-state index is 12.6. The summed E-state index contributed by atoms with van der Waals surface area (Å²) in [4.78, 5) is 12.6. The zero-order valence-electron chi connectivity index (χ0n) is 13.5. The molecular weight excluding hydrogens is 336 g/mol. The fourth-order valence-electron chi connectivity index (χ4n) is 3.40. The van der Waals surface area contributed by atoms with Crippen LogP contribution in [0.5, 0.6) is 0 Å². The van der Waals surface area contributed by atoms with E-state index in [-0.39, 0.29) is 17.6 Å². The van der Waals surface area contributed by atoms with Crippen molar-refractivity contribution >= 4 is 27.7 Å². The Morgan fingerprint density at radius 2 is 2.04 bits per heavy atom. The molecule has 132 valence electrons. The van der Waals surface area contributed by atoms with Gasteiger partial charge in [0.25, 0.3) is 10.1 Å². The molecule has 7 heteroatoms. The number of ketones is 1. The molecule has 23 heavy (non-hydrogen) atoms. The fraction of sp³-hybridized carbons (Fsp3) is 0.875. The molecule has 2 fully saturated rings. The van der Waals surface area contributed by atoms with E-state index in [1.807, 2.05) is 0 Å². The lowest BCUT2D eigenvalue weighted by atomic mass is 9.81. The van der Waals surface area contributed by atoms with Crippen molar-refractivity contribution in [2.75, 3.05) is 24.7 Å². The number of thioether (sulfide) groups is 1. The van der Waals surface area contributed by atoms with Crippen LogP contribution in [-0.4, -0.2) is 43.5 Å². The summed E-state index contributed by atoms with van der Waals surface area (Å²) in [6.45, 7) is 1.28. The molecule has 0 aromatic heterocycles. The Bertz CT molecular complexity index is 465. The van der Waals surface area contributed by atoms with Crippen molar-refractivity contribution < 1.29 is 22.5 Å². The molecule has 0 aromatic rings. The largest absolute Gasteiger partial charge is 0.338 e. The summed E-state index contributed by atoms with van der Waals surface area (Å²) in [6.07, 6.45) is 6.97. The summed E-state index contributed by atoms with van der Waals surface area (Å²) >= 11 is 1.75. The Morgan fingerprint density at radius 1 is 1.30 bits per heavy atom. The van der Waals surface area contributed by atoms with E-state index in [2.05, 4.69) is 0 Å². The van der Waals surface area contributed by atoms with Crippen molar-refractivity contribution in [2.45, 2.75) is 51.4 Å². The summed E-state index contributed by atoms with van der Waals surface area (Å²) in [5.41, 5.74) is 0. The van der Waals surface area contributed by atoms with Gasteiger partial charge in [0.1, 0.15) is 11.7 Å². The van der Waals surface area contributed by atoms with E-state index in [0.717, 1.165) is 43.3 Å². The van der Waals surface area contributed by atoms with Crippen LogP contribution in [0, 0.1) is 17.1 Å². The summed E-state index contributed by atoms with van der Waals surface area (Å²) in [7, 11) is -3.93. The van der Waals surface area contributed by atoms with Gasteiger partial charge in [0.15, 0.2) is 5.25 Å². The van der Waals surface area contributed by atoms with Gasteiger partial charge in [0.05, 0.1) is 36.3 Å². The van der Waals surface area contributed by atoms with Gasteiger partial charge < -0.3 is 4.74 Å². The highest BCUT2D eigenvalue weighted by molar-refractivity contribution is 8.02. The van der Waals surface area contributed by atoms with Gasteiger partial charge in [0, 0.05) is 5.92 Å². The van der Waals surface area contributed by atoms with Crippen LogP contribution in [0.4, 0.5) is 0 Å². The van der Waals surface area contributed by atoms with Crippen LogP contribution in [0.1, 0.15) is 51.4 Å². The Kier molecular flexibility index (Phi) is 7.72. The molecule has 1 N–H and O–H groups in total. The molecule has 0 bridgehead atoms. The Labute approximate surface area is 143 Å². The SMILES string of the molecule is O=C(CC(CCCS(=O)(=O)O)[C+]1COCCS1)C1CCCCC1. The number of rotatable bonds is 8. The molecule has 0 radical (unpaired) electrons. The first-order valence-corrected chi connectivity index (χ1v) is 11.1. The predicted molar refractivity (Wildman–Crippen MR) is 91.9 cm³/mol. The third-order valence-corrected chi connectivity index (χ3v) is 6.68. The summed E-state index contributed by atoms with van der Waals surface area (Å²) < 4.78 is 36.2. The number of ether oxygens (including phenoxy) is 1. The molecule has 1 saturated heterocycles. The molecule has 0 spiro atoms. The molecule has 1 saturated carbocycles. The third-order valence-electron chi connectivity index (χ3n) is 4.68. The first kappa shape index (κ1) is 19.1. The van der Waals surface area contributed by atoms with Crippen molar-refractivity contribution in [1.82, 2.24) is 0 Å². The molecular formula is C16H27O5S2+. The average Bonchev–Trinajstić information content (AvgIpc) is 2.54. The highest BCUT2D eigenvalue weighted by Crippen LogP contribution is 2.38. The minimum atomic E-state index is -3.93. The van der Waals surface area contributed by atoms with Gasteiger partial charge in [-0.3, -0.25) is 9.35 Å². The van der Waals surface area contributed by atoms with Crippen molar-refractivity contribution in [3.63, 3.8) is 0 Å². The fourth-order valence-corrected chi connectivity index (χ4v) is 5.00. The smallest absolute Gasteiger partial charge is 0.264 e. The molecule has 5 nitrogen and oxygen atoms in total. The van der Waals surface area contributed by atoms with Crippen molar-refractivity contribution in [3.8, 4) is 0 Å². The van der Waals surface area contributed by atoms with Gasteiger partial charge in [-0.1, -0.05) is 19.3 Å². The molecule has 1 aliphatic heterocycles. The van der Waals surface area contributed by atoms with Crippen LogP contribution in [0.2, 0.25) is 0 Å². The maximum absolute atomic E-state index is 12.6. The predicted octanol–water partition coefficient (Wildman–Crippen LogP) is 3.11. The highest BCUT2D eigenvalue weighted by atomic mass is 32.2. The molecule has 0 aromatic carbocycles. The standard InChI is InChI=1S/C16H26O5S2/c17-15(13-5-2-1-3-6-13)11-14(7-4-10-23(18,19)20)16-12-21-8-9-22-16/h13-14H,1-12H2/p+1. The van der Waals surface area contributed by atoms with Crippen molar-refractivity contribution in [1.29, 1.82) is 0 Å². The summed E-state index contributed by atoms with van der Waals surface area (Å²) in [6, 6.07) is 0. The van der Waals surface area contributed by atoms with Gasteiger partial charge in [-0.15, -0.1) is 0 Å². The Morgan fingerprint density at radius 3 is 2.65 bits per heavy atom. The Hall–Kier alpha value is -0.240. The second-order valence-electron chi connectivity index (χ2n) is 6.50. The van der Waals surface area contributed by atoms with Crippen LogP contribution in [0.3, 0.4) is 0 Å². The zero-order chi connectivity index (χ0) is 16.7. The molecule has 2 aliphatic rings. The normalized spacial score (nSPS) is 22.0. The number of carbonyl (C=O) groups is 1. The van der Waals surface area contributed by atoms with Crippen LogP contribution >= 0.6 is 11.8 Å². The van der Waals surface area contributed by atoms with E-state index < -0.39 is 10.1 Å². The number of carbonyl (C=O) groups excluding carboxylic acids is 1. The number of hydrogen-bond acceptors (Lipinski definition) is 5. The van der Waals surface area contributed by atoms with Gasteiger partial charge in [-0.2, -0.15) is 8.42 Å². The van der Waals surface area contributed by atoms with Gasteiger partial charge in [0.2, 0.25) is 6.61 Å². The van der Waals surface area contributed by atoms with E-state index in [0.29, 0.717) is 31.7 Å². The number of Topliss-reactive ketones (excluding diaryl/α,β-unsaturated/α-hetero) is 1. The van der Waals surface area contributed by atoms with Crippen LogP contribution < -0.4 is 0 Å². The minimum absolute atomic E-state index is 0.0662. The molecule has 1 aliphatic carbocycles. The summed E-state index contributed by atoms with van der Waals surface area (Å²) in [5.74, 6) is 1.22. The molecule has 1 unspecified atom stereocenters. The first-order chi connectivity index (χ1) is 11.0. The average molecular weight is 364 g/mol. The maximum Gasteiger partial charge on any atom is 0.264 e.